The van der Waals surface area contributed by atoms with Gasteiger partial charge in [-0.05, 0) is 50.6 Å². The van der Waals surface area contributed by atoms with E-state index in [4.69, 9.17) is 4.42 Å². The predicted molar refractivity (Wildman–Crippen MR) is 130 cm³/mol. The van der Waals surface area contributed by atoms with Crippen LogP contribution in [0.25, 0.3) is 33.7 Å². The number of halogens is 2. The van der Waals surface area contributed by atoms with E-state index in [0.29, 0.717) is 33.3 Å². The summed E-state index contributed by atoms with van der Waals surface area (Å²) in [7, 11) is 0. The van der Waals surface area contributed by atoms with Gasteiger partial charge >= 0.3 is 5.76 Å². The normalized spacial score (nSPS) is 12.1. The monoisotopic (exact) mass is 490 g/mol. The average Bonchev–Trinajstić information content (AvgIpc) is 3.26. The Balaban J connectivity index is 1.66. The van der Waals surface area contributed by atoms with Gasteiger partial charge < -0.3 is 9.73 Å². The molecule has 0 amide bonds. The first-order chi connectivity index (χ1) is 17.2. The molecule has 1 atom stereocenters. The van der Waals surface area contributed by atoms with E-state index in [1.54, 1.807) is 19.1 Å². The second-order valence-electron chi connectivity index (χ2n) is 8.48. The highest BCUT2D eigenvalue weighted by molar-refractivity contribution is 5.85. The van der Waals surface area contributed by atoms with E-state index in [0.717, 1.165) is 11.8 Å². The Kier molecular flexibility index (Phi) is 5.71. The number of hydrogen-bond acceptors (Lipinski definition) is 7. The molecule has 0 spiro atoms. The van der Waals surface area contributed by atoms with E-state index >= 15 is 0 Å². The lowest BCUT2D eigenvalue weighted by atomic mass is 9.98. The van der Waals surface area contributed by atoms with Crippen LogP contribution in [0, 0.1) is 25.5 Å². The van der Waals surface area contributed by atoms with E-state index in [9.17, 15) is 18.4 Å². The van der Waals surface area contributed by atoms with Gasteiger partial charge in [-0.2, -0.15) is 0 Å². The number of pyridine rings is 1. The highest BCUT2D eigenvalue weighted by atomic mass is 19.1. The van der Waals surface area contributed by atoms with Gasteiger partial charge in [0, 0.05) is 28.6 Å². The SMILES string of the molecule is Cc1cc([C@@H](C)Nc2cccc(F)c2-c2noc(=O)[nH]2)c2oc(-c3cncc(F)c3)c(C)c(=O)c2c1. The molecular weight excluding hydrogens is 470 g/mol. The molecule has 0 aliphatic heterocycles. The van der Waals surface area contributed by atoms with Crippen LogP contribution >= 0.6 is 0 Å². The first-order valence-electron chi connectivity index (χ1n) is 11.0. The second kappa shape index (κ2) is 8.88. The maximum Gasteiger partial charge on any atom is 0.439 e. The van der Waals surface area contributed by atoms with Gasteiger partial charge in [-0.3, -0.25) is 19.3 Å². The fourth-order valence-corrected chi connectivity index (χ4v) is 4.23. The molecule has 2 aromatic carbocycles. The van der Waals surface area contributed by atoms with Crippen molar-refractivity contribution in [3.63, 3.8) is 0 Å². The van der Waals surface area contributed by atoms with Crippen molar-refractivity contribution in [2.24, 2.45) is 0 Å². The Morgan fingerprint density at radius 3 is 2.61 bits per heavy atom. The second-order valence-corrected chi connectivity index (χ2v) is 8.48. The molecule has 2 N–H and O–H groups in total. The summed E-state index contributed by atoms with van der Waals surface area (Å²) < 4.78 is 39.4. The first kappa shape index (κ1) is 23.2. The minimum atomic E-state index is -0.812. The lowest BCUT2D eigenvalue weighted by molar-refractivity contribution is 0.387. The van der Waals surface area contributed by atoms with E-state index < -0.39 is 23.4 Å². The van der Waals surface area contributed by atoms with Crippen molar-refractivity contribution in [3.8, 4) is 22.7 Å². The summed E-state index contributed by atoms with van der Waals surface area (Å²) in [5.41, 5.74) is 2.52. The Hall–Kier alpha value is -4.60. The standard InChI is InChI=1S/C26H20F2N4O4/c1-12-7-17(14(3)30-20-6-4-5-19(28)21(20)25-31-26(34)36-32-25)24-18(8-12)22(33)13(2)23(35-24)15-9-16(27)11-29-10-15/h4-11,14,30H,1-3H3,(H,31,32,34)/t14-/m1/s1. The van der Waals surface area contributed by atoms with E-state index in [1.807, 2.05) is 19.9 Å². The molecule has 0 saturated heterocycles. The molecule has 8 nitrogen and oxygen atoms in total. The molecule has 10 heteroatoms. The molecule has 0 bridgehead atoms. The number of benzene rings is 2. The topological polar surface area (TPSA) is 114 Å². The van der Waals surface area contributed by atoms with Crippen LogP contribution in [0.4, 0.5) is 14.5 Å². The maximum atomic E-state index is 14.7. The number of fused-ring (bicyclic) bond motifs is 1. The van der Waals surface area contributed by atoms with E-state index in [2.05, 4.69) is 25.0 Å². The molecule has 182 valence electrons. The largest absolute Gasteiger partial charge is 0.455 e. The van der Waals surface area contributed by atoms with Gasteiger partial charge in [-0.15, -0.1) is 0 Å². The fraction of sp³-hybridized carbons (Fsp3) is 0.154. The number of anilines is 1. The number of nitrogens with one attached hydrogen (secondary N) is 2. The number of aromatic nitrogens is 3. The smallest absolute Gasteiger partial charge is 0.439 e. The summed E-state index contributed by atoms with van der Waals surface area (Å²) in [6.07, 6.45) is 2.49. The molecule has 0 unspecified atom stereocenters. The van der Waals surface area contributed by atoms with Crippen LogP contribution in [-0.4, -0.2) is 15.1 Å². The average molecular weight is 490 g/mol. The van der Waals surface area contributed by atoms with Crippen LogP contribution in [0.5, 0.6) is 0 Å². The third-order valence-corrected chi connectivity index (χ3v) is 5.89. The molecule has 5 aromatic rings. The van der Waals surface area contributed by atoms with Crippen molar-refractivity contribution >= 4 is 16.7 Å². The van der Waals surface area contributed by atoms with Crippen molar-refractivity contribution in [3.05, 3.63) is 97.9 Å². The van der Waals surface area contributed by atoms with Gasteiger partial charge in [0.05, 0.1) is 23.2 Å². The zero-order valence-corrected chi connectivity index (χ0v) is 19.5. The highest BCUT2D eigenvalue weighted by Crippen LogP contribution is 2.34. The number of aromatic amines is 1. The van der Waals surface area contributed by atoms with Crippen LogP contribution in [-0.2, 0) is 0 Å². The lowest BCUT2D eigenvalue weighted by Gasteiger charge is -2.20. The van der Waals surface area contributed by atoms with Crippen LogP contribution in [0.3, 0.4) is 0 Å². The minimum Gasteiger partial charge on any atom is -0.455 e. The summed E-state index contributed by atoms with van der Waals surface area (Å²) in [5.74, 6) is -1.84. The van der Waals surface area contributed by atoms with Crippen LogP contribution in [0.2, 0.25) is 0 Å². The van der Waals surface area contributed by atoms with Gasteiger partial charge in [-0.25, -0.2) is 13.6 Å². The van der Waals surface area contributed by atoms with Gasteiger partial charge in [0.15, 0.2) is 11.3 Å². The van der Waals surface area contributed by atoms with E-state index in [-0.39, 0.29) is 22.6 Å². The van der Waals surface area contributed by atoms with Crippen LogP contribution in [0.1, 0.15) is 29.7 Å². The van der Waals surface area contributed by atoms with Gasteiger partial charge in [0.1, 0.15) is 23.0 Å². The van der Waals surface area contributed by atoms with Crippen LogP contribution < -0.4 is 16.5 Å². The molecule has 36 heavy (non-hydrogen) atoms. The molecule has 0 aliphatic rings. The Bertz CT molecular complexity index is 1740. The molecule has 0 fully saturated rings. The van der Waals surface area contributed by atoms with Gasteiger partial charge in [0.25, 0.3) is 0 Å². The number of nitrogens with zero attached hydrogens (tertiary/aromatic N) is 2. The van der Waals surface area contributed by atoms with Crippen molar-refractivity contribution < 1.29 is 17.7 Å². The quantitative estimate of drug-likeness (QED) is 0.345. The Labute approximate surface area is 202 Å². The van der Waals surface area contributed by atoms with Crippen molar-refractivity contribution in [1.82, 2.24) is 15.1 Å². The number of hydrogen-bond donors (Lipinski definition) is 2. The summed E-state index contributed by atoms with van der Waals surface area (Å²) >= 11 is 0. The molecule has 5 rings (SSSR count). The first-order valence-corrected chi connectivity index (χ1v) is 11.0. The molecular formula is C26H20F2N4O4. The number of rotatable bonds is 5. The molecule has 0 radical (unpaired) electrons. The predicted octanol–water partition coefficient (Wildman–Crippen LogP) is 5.27. The van der Waals surface area contributed by atoms with Crippen LogP contribution in [0.15, 0.2) is 67.3 Å². The van der Waals surface area contributed by atoms with Gasteiger partial charge in [0.2, 0.25) is 0 Å². The fourth-order valence-electron chi connectivity index (χ4n) is 4.23. The zero-order chi connectivity index (χ0) is 25.6. The maximum absolute atomic E-state index is 14.7. The number of aryl methyl sites for hydroxylation is 1. The highest BCUT2D eigenvalue weighted by Gasteiger charge is 2.22. The zero-order valence-electron chi connectivity index (χ0n) is 19.5. The Morgan fingerprint density at radius 2 is 1.89 bits per heavy atom. The summed E-state index contributed by atoms with van der Waals surface area (Å²) in [4.78, 5) is 31.0. The molecule has 0 aliphatic carbocycles. The third-order valence-electron chi connectivity index (χ3n) is 5.89. The van der Waals surface area contributed by atoms with E-state index in [1.165, 1.54) is 24.4 Å². The third kappa shape index (κ3) is 4.06. The van der Waals surface area contributed by atoms with Crippen molar-refractivity contribution in [1.29, 1.82) is 0 Å². The molecule has 0 saturated carbocycles. The van der Waals surface area contributed by atoms with Gasteiger partial charge in [-0.1, -0.05) is 17.3 Å². The summed E-state index contributed by atoms with van der Waals surface area (Å²) in [6, 6.07) is 8.71. The molecule has 3 aromatic heterocycles. The summed E-state index contributed by atoms with van der Waals surface area (Å²) in [5, 5.41) is 7.19. The van der Waals surface area contributed by atoms with Crippen molar-refractivity contribution in [2.75, 3.05) is 5.32 Å². The number of H-pyrrole nitrogens is 1. The van der Waals surface area contributed by atoms with Crippen molar-refractivity contribution in [2.45, 2.75) is 26.8 Å². The molecule has 3 heterocycles. The Morgan fingerprint density at radius 1 is 1.08 bits per heavy atom. The minimum absolute atomic E-state index is 0.0241. The summed E-state index contributed by atoms with van der Waals surface area (Å²) in [6.45, 7) is 5.28. The lowest BCUT2D eigenvalue weighted by Crippen LogP contribution is -2.13.